The van der Waals surface area contributed by atoms with Crippen LogP contribution in [0.1, 0.15) is 86.0 Å². The Morgan fingerprint density at radius 2 is 1.78 bits per heavy atom. The third kappa shape index (κ3) is 3.17. The van der Waals surface area contributed by atoms with Gasteiger partial charge in [-0.3, -0.25) is 4.79 Å². The molecule has 4 fully saturated rings. The average molecular weight is 374 g/mol. The second-order valence-electron chi connectivity index (χ2n) is 9.79. The molecule has 4 saturated carbocycles. The van der Waals surface area contributed by atoms with E-state index >= 15 is 0 Å². The van der Waals surface area contributed by atoms with Crippen molar-refractivity contribution in [3.8, 4) is 6.07 Å². The first kappa shape index (κ1) is 20.8. The first-order valence-electron chi connectivity index (χ1n) is 11.5. The molecule has 8 unspecified atom stereocenters. The van der Waals surface area contributed by atoms with E-state index in [9.17, 15) is 10.1 Å². The van der Waals surface area contributed by atoms with E-state index in [0.29, 0.717) is 36.1 Å². The highest BCUT2D eigenvalue weighted by Gasteiger charge is 2.63. The molecule has 0 saturated heterocycles. The number of rotatable bonds is 2. The Hall–Kier alpha value is -0.880. The smallest absolute Gasteiger partial charge is 0.137 e. The molecule has 0 amide bonds. The molecule has 4 aliphatic rings. The molecule has 0 spiro atoms. The van der Waals surface area contributed by atoms with E-state index in [2.05, 4.69) is 26.8 Å². The molecule has 0 heterocycles. The van der Waals surface area contributed by atoms with Gasteiger partial charge in [0.1, 0.15) is 5.78 Å². The van der Waals surface area contributed by atoms with Gasteiger partial charge < -0.3 is 4.74 Å². The summed E-state index contributed by atoms with van der Waals surface area (Å²) in [5.41, 5.74) is 0.0499. The lowest BCUT2D eigenvalue weighted by Gasteiger charge is -2.59. The SMILES string of the molecule is CC.CCOC1CCC2CCC3C4CCC(C#N)C4(C)CC(=O)C3C2(C)C1. The van der Waals surface area contributed by atoms with E-state index in [1.54, 1.807) is 0 Å². The summed E-state index contributed by atoms with van der Waals surface area (Å²) in [5.74, 6) is 2.53. The van der Waals surface area contributed by atoms with E-state index in [0.717, 1.165) is 32.3 Å². The molecule has 3 nitrogen and oxygen atoms in total. The number of carbonyl (C=O) groups is 1. The number of carbonyl (C=O) groups excluding carboxylic acids is 1. The van der Waals surface area contributed by atoms with Crippen LogP contribution >= 0.6 is 0 Å². The van der Waals surface area contributed by atoms with Gasteiger partial charge in [0.05, 0.1) is 18.1 Å². The Balaban J connectivity index is 0.00000102. The Labute approximate surface area is 166 Å². The van der Waals surface area contributed by atoms with Crippen molar-refractivity contribution in [3.63, 3.8) is 0 Å². The van der Waals surface area contributed by atoms with E-state index in [1.807, 2.05) is 13.8 Å². The van der Waals surface area contributed by atoms with Gasteiger partial charge in [-0.1, -0.05) is 27.7 Å². The highest BCUT2D eigenvalue weighted by molar-refractivity contribution is 5.84. The second kappa shape index (κ2) is 7.86. The molecule has 4 aliphatic carbocycles. The zero-order valence-electron chi connectivity index (χ0n) is 18.1. The number of nitrogens with zero attached hydrogens (tertiary/aromatic N) is 1. The van der Waals surface area contributed by atoms with Crippen molar-refractivity contribution < 1.29 is 9.53 Å². The fourth-order valence-electron chi connectivity index (χ4n) is 7.72. The monoisotopic (exact) mass is 373 g/mol. The minimum Gasteiger partial charge on any atom is -0.378 e. The average Bonchev–Trinajstić information content (AvgIpc) is 2.98. The van der Waals surface area contributed by atoms with Crippen LogP contribution in [0.3, 0.4) is 0 Å². The molecule has 4 rings (SSSR count). The van der Waals surface area contributed by atoms with Gasteiger partial charge in [0.25, 0.3) is 0 Å². The summed E-state index contributed by atoms with van der Waals surface area (Å²) in [4.78, 5) is 13.4. The van der Waals surface area contributed by atoms with Crippen LogP contribution in [0.25, 0.3) is 0 Å². The lowest BCUT2D eigenvalue weighted by atomic mass is 9.44. The Morgan fingerprint density at radius 1 is 1.07 bits per heavy atom. The maximum Gasteiger partial charge on any atom is 0.137 e. The fourth-order valence-corrected chi connectivity index (χ4v) is 7.72. The number of Topliss-reactive ketones (excluding diaryl/α,β-unsaturated/α-hetero) is 1. The molecule has 0 aromatic heterocycles. The standard InChI is InChI=1S/C22H33NO2.C2H6/c1-4-25-16-8-5-14-6-9-17-18-10-7-15(13-23)21(18,2)12-19(24)20(17)22(14,3)11-16;1-2/h14-18,20H,4-12H2,1-3H3;1-2H3. The first-order chi connectivity index (χ1) is 12.9. The summed E-state index contributed by atoms with van der Waals surface area (Å²) in [6.45, 7) is 11.5. The largest absolute Gasteiger partial charge is 0.378 e. The maximum atomic E-state index is 13.4. The molecule has 8 atom stereocenters. The number of fused-ring (bicyclic) bond motifs is 5. The number of hydrogen-bond donors (Lipinski definition) is 0. The zero-order chi connectivity index (χ0) is 19.8. The van der Waals surface area contributed by atoms with Crippen LogP contribution in [0.4, 0.5) is 0 Å². The van der Waals surface area contributed by atoms with Crippen LogP contribution < -0.4 is 0 Å². The summed E-state index contributed by atoms with van der Waals surface area (Å²) >= 11 is 0. The highest BCUT2D eigenvalue weighted by atomic mass is 16.5. The van der Waals surface area contributed by atoms with Crippen LogP contribution in [0.2, 0.25) is 0 Å². The zero-order valence-corrected chi connectivity index (χ0v) is 18.1. The van der Waals surface area contributed by atoms with Gasteiger partial charge >= 0.3 is 0 Å². The van der Waals surface area contributed by atoms with Crippen molar-refractivity contribution >= 4 is 5.78 Å². The van der Waals surface area contributed by atoms with Crippen molar-refractivity contribution in [3.05, 3.63) is 0 Å². The van der Waals surface area contributed by atoms with Gasteiger partial charge in [0, 0.05) is 18.9 Å². The summed E-state index contributed by atoms with van der Waals surface area (Å²) in [7, 11) is 0. The number of nitriles is 1. The van der Waals surface area contributed by atoms with Gasteiger partial charge in [-0.25, -0.2) is 0 Å². The highest BCUT2D eigenvalue weighted by Crippen LogP contribution is 2.66. The van der Waals surface area contributed by atoms with Crippen molar-refractivity contribution in [2.45, 2.75) is 92.1 Å². The summed E-state index contributed by atoms with van der Waals surface area (Å²) in [5, 5.41) is 9.61. The molecule has 3 heteroatoms. The third-order valence-electron chi connectivity index (χ3n) is 8.81. The summed E-state index contributed by atoms with van der Waals surface area (Å²) in [6.07, 6.45) is 9.04. The van der Waals surface area contributed by atoms with Crippen molar-refractivity contribution in [1.29, 1.82) is 5.26 Å². The molecule has 0 N–H and O–H groups in total. The minimum atomic E-state index is -0.0653. The van der Waals surface area contributed by atoms with Crippen molar-refractivity contribution in [1.82, 2.24) is 0 Å². The fraction of sp³-hybridized carbons (Fsp3) is 0.917. The first-order valence-corrected chi connectivity index (χ1v) is 11.5. The van der Waals surface area contributed by atoms with Gasteiger partial charge in [0.2, 0.25) is 0 Å². The summed E-state index contributed by atoms with van der Waals surface area (Å²) < 4.78 is 6.00. The normalized spacial score (nSPS) is 48.4. The van der Waals surface area contributed by atoms with E-state index in [-0.39, 0.29) is 22.7 Å². The number of ketones is 1. The van der Waals surface area contributed by atoms with Crippen LogP contribution in [-0.2, 0) is 9.53 Å². The lowest BCUT2D eigenvalue weighted by molar-refractivity contribution is -0.163. The molecule has 0 bridgehead atoms. The minimum absolute atomic E-state index is 0.0653. The predicted molar refractivity (Wildman–Crippen MR) is 108 cm³/mol. The van der Waals surface area contributed by atoms with Gasteiger partial charge in [-0.2, -0.15) is 5.26 Å². The molecule has 0 aliphatic heterocycles. The van der Waals surface area contributed by atoms with Gasteiger partial charge in [-0.05, 0) is 80.5 Å². The van der Waals surface area contributed by atoms with Crippen molar-refractivity contribution in [2.24, 2.45) is 40.4 Å². The third-order valence-corrected chi connectivity index (χ3v) is 8.81. The molecule has 152 valence electrons. The molecular formula is C24H39NO2. The van der Waals surface area contributed by atoms with Crippen LogP contribution in [0.15, 0.2) is 0 Å². The molecule has 27 heavy (non-hydrogen) atoms. The predicted octanol–water partition coefficient (Wildman–Crippen LogP) is 5.78. The van der Waals surface area contributed by atoms with E-state index < -0.39 is 0 Å². The molecule has 0 aromatic rings. The Kier molecular flexibility index (Phi) is 6.07. The van der Waals surface area contributed by atoms with E-state index in [1.165, 1.54) is 19.3 Å². The topological polar surface area (TPSA) is 50.1 Å². The molecule has 0 radical (unpaired) electrons. The Morgan fingerprint density at radius 3 is 2.44 bits per heavy atom. The van der Waals surface area contributed by atoms with Crippen molar-refractivity contribution in [2.75, 3.05) is 6.61 Å². The second-order valence-corrected chi connectivity index (χ2v) is 9.79. The van der Waals surface area contributed by atoms with Gasteiger partial charge in [-0.15, -0.1) is 0 Å². The van der Waals surface area contributed by atoms with E-state index in [4.69, 9.17) is 4.74 Å². The number of ether oxygens (including phenoxy) is 1. The lowest BCUT2D eigenvalue weighted by Crippen LogP contribution is -2.58. The van der Waals surface area contributed by atoms with Crippen LogP contribution in [0.5, 0.6) is 0 Å². The Bertz CT molecular complexity index is 596. The summed E-state index contributed by atoms with van der Waals surface area (Å²) in [6, 6.07) is 2.54. The quantitative estimate of drug-likeness (QED) is 0.616. The van der Waals surface area contributed by atoms with Crippen LogP contribution in [0, 0.1) is 51.8 Å². The van der Waals surface area contributed by atoms with Crippen LogP contribution in [-0.4, -0.2) is 18.5 Å². The van der Waals surface area contributed by atoms with Gasteiger partial charge in [0.15, 0.2) is 0 Å². The maximum absolute atomic E-state index is 13.4. The number of hydrogen-bond acceptors (Lipinski definition) is 3. The molecule has 0 aromatic carbocycles. The molecular weight excluding hydrogens is 334 g/mol.